The third kappa shape index (κ3) is 3.60. The second-order valence-electron chi connectivity index (χ2n) is 5.27. The van der Waals surface area contributed by atoms with Gasteiger partial charge in [0.25, 0.3) is 0 Å². The van der Waals surface area contributed by atoms with Gasteiger partial charge < -0.3 is 10.1 Å². The Labute approximate surface area is 126 Å². The SMILES string of the molecule is COCC1(CNS(=O)(=O)c2c(F)cc(F)cc2F)CCCN1. The molecule has 9 heteroatoms. The number of halogens is 3. The molecule has 2 rings (SSSR count). The summed E-state index contributed by atoms with van der Waals surface area (Å²) in [5, 5.41) is 3.13. The zero-order valence-electron chi connectivity index (χ0n) is 12.0. The van der Waals surface area contributed by atoms with E-state index in [1.807, 2.05) is 0 Å². The maximum atomic E-state index is 13.6. The normalized spacial score (nSPS) is 22.2. The van der Waals surface area contributed by atoms with Crippen molar-refractivity contribution in [1.82, 2.24) is 10.0 Å². The van der Waals surface area contributed by atoms with Crippen LogP contribution in [0.3, 0.4) is 0 Å². The van der Waals surface area contributed by atoms with Crippen molar-refractivity contribution in [3.63, 3.8) is 0 Å². The van der Waals surface area contributed by atoms with E-state index in [0.717, 1.165) is 6.42 Å². The van der Waals surface area contributed by atoms with Crippen LogP contribution in [0.1, 0.15) is 12.8 Å². The lowest BCUT2D eigenvalue weighted by atomic mass is 9.99. The van der Waals surface area contributed by atoms with Crippen molar-refractivity contribution in [3.05, 3.63) is 29.6 Å². The summed E-state index contributed by atoms with van der Waals surface area (Å²) in [5.41, 5.74) is -0.616. The van der Waals surface area contributed by atoms with Gasteiger partial charge in [0.2, 0.25) is 10.0 Å². The van der Waals surface area contributed by atoms with E-state index >= 15 is 0 Å². The topological polar surface area (TPSA) is 67.4 Å². The van der Waals surface area contributed by atoms with Crippen LogP contribution >= 0.6 is 0 Å². The van der Waals surface area contributed by atoms with E-state index in [1.54, 1.807) is 0 Å². The molecule has 124 valence electrons. The van der Waals surface area contributed by atoms with Gasteiger partial charge in [-0.25, -0.2) is 26.3 Å². The monoisotopic (exact) mass is 338 g/mol. The molecule has 1 unspecified atom stereocenters. The molecular weight excluding hydrogens is 321 g/mol. The molecule has 0 aromatic heterocycles. The minimum atomic E-state index is -4.44. The second kappa shape index (κ2) is 6.53. The molecule has 0 radical (unpaired) electrons. The number of ether oxygens (including phenoxy) is 1. The van der Waals surface area contributed by atoms with Crippen LogP contribution in [0.25, 0.3) is 0 Å². The molecule has 2 N–H and O–H groups in total. The predicted molar refractivity (Wildman–Crippen MR) is 73.3 cm³/mol. The molecule has 1 atom stereocenters. The number of hydrogen-bond donors (Lipinski definition) is 2. The number of nitrogens with one attached hydrogen (secondary N) is 2. The standard InChI is InChI=1S/C13H17F3N2O3S/c1-21-8-13(3-2-4-17-13)7-18-22(19,20)12-10(15)5-9(14)6-11(12)16/h5-6,17-18H,2-4,7-8H2,1H3. The van der Waals surface area contributed by atoms with Crippen LogP contribution in [0.15, 0.2) is 17.0 Å². The molecule has 0 aliphatic carbocycles. The summed E-state index contributed by atoms with van der Waals surface area (Å²) in [6.07, 6.45) is 1.50. The van der Waals surface area contributed by atoms with Gasteiger partial charge in [-0.3, -0.25) is 0 Å². The lowest BCUT2D eigenvalue weighted by Gasteiger charge is -2.28. The Morgan fingerprint density at radius 2 is 1.95 bits per heavy atom. The van der Waals surface area contributed by atoms with E-state index in [-0.39, 0.29) is 13.2 Å². The van der Waals surface area contributed by atoms with E-state index in [2.05, 4.69) is 10.0 Å². The zero-order chi connectivity index (χ0) is 16.4. The molecule has 1 aromatic carbocycles. The van der Waals surface area contributed by atoms with Crippen LogP contribution in [0.2, 0.25) is 0 Å². The minimum Gasteiger partial charge on any atom is -0.383 e. The fourth-order valence-electron chi connectivity index (χ4n) is 2.56. The van der Waals surface area contributed by atoms with Crippen LogP contribution in [-0.4, -0.2) is 40.8 Å². The number of hydrogen-bond acceptors (Lipinski definition) is 4. The molecule has 0 saturated carbocycles. The van der Waals surface area contributed by atoms with E-state index < -0.39 is 37.9 Å². The Balaban J connectivity index is 2.21. The van der Waals surface area contributed by atoms with Crippen molar-refractivity contribution in [1.29, 1.82) is 0 Å². The predicted octanol–water partition coefficient (Wildman–Crippen LogP) is 1.15. The number of sulfonamides is 1. The van der Waals surface area contributed by atoms with Crippen molar-refractivity contribution >= 4 is 10.0 Å². The highest BCUT2D eigenvalue weighted by atomic mass is 32.2. The van der Waals surface area contributed by atoms with Gasteiger partial charge in [-0.1, -0.05) is 0 Å². The molecule has 1 aliphatic heterocycles. The number of methoxy groups -OCH3 is 1. The van der Waals surface area contributed by atoms with Gasteiger partial charge in [-0.15, -0.1) is 0 Å². The maximum Gasteiger partial charge on any atom is 0.246 e. The first-order valence-corrected chi connectivity index (χ1v) is 8.16. The van der Waals surface area contributed by atoms with Gasteiger partial charge >= 0.3 is 0 Å². The third-order valence-electron chi connectivity index (χ3n) is 3.59. The molecule has 0 bridgehead atoms. The van der Waals surface area contributed by atoms with E-state index in [4.69, 9.17) is 4.74 Å². The summed E-state index contributed by atoms with van der Waals surface area (Å²) < 4.78 is 71.5. The molecule has 0 spiro atoms. The van der Waals surface area contributed by atoms with Gasteiger partial charge in [-0.05, 0) is 19.4 Å². The highest BCUT2D eigenvalue weighted by Gasteiger charge is 2.36. The first-order valence-electron chi connectivity index (χ1n) is 6.68. The molecular formula is C13H17F3N2O3S. The fraction of sp³-hybridized carbons (Fsp3) is 0.538. The first kappa shape index (κ1) is 17.2. The lowest BCUT2D eigenvalue weighted by molar-refractivity contribution is 0.122. The molecule has 1 aromatic rings. The second-order valence-corrected chi connectivity index (χ2v) is 6.97. The summed E-state index contributed by atoms with van der Waals surface area (Å²) in [7, 11) is -2.96. The summed E-state index contributed by atoms with van der Waals surface area (Å²) >= 11 is 0. The molecule has 1 fully saturated rings. The Morgan fingerprint density at radius 1 is 1.32 bits per heavy atom. The van der Waals surface area contributed by atoms with Crippen molar-refractivity contribution in [2.45, 2.75) is 23.3 Å². The van der Waals surface area contributed by atoms with Crippen molar-refractivity contribution < 1.29 is 26.3 Å². The highest BCUT2D eigenvalue weighted by molar-refractivity contribution is 7.89. The van der Waals surface area contributed by atoms with Crippen molar-refractivity contribution in [2.75, 3.05) is 26.8 Å². The first-order chi connectivity index (χ1) is 10.3. The van der Waals surface area contributed by atoms with Crippen LogP contribution in [0, 0.1) is 17.5 Å². The third-order valence-corrected chi connectivity index (χ3v) is 5.04. The summed E-state index contributed by atoms with van der Waals surface area (Å²) in [6.45, 7) is 0.869. The van der Waals surface area contributed by atoms with Crippen molar-refractivity contribution in [3.8, 4) is 0 Å². The molecule has 1 aliphatic rings. The Kier molecular flexibility index (Phi) is 5.10. The molecule has 5 nitrogen and oxygen atoms in total. The van der Waals surface area contributed by atoms with Gasteiger partial charge in [0.05, 0.1) is 12.1 Å². The van der Waals surface area contributed by atoms with E-state index in [9.17, 15) is 21.6 Å². The summed E-state index contributed by atoms with van der Waals surface area (Å²) in [4.78, 5) is -1.18. The summed E-state index contributed by atoms with van der Waals surface area (Å²) in [6, 6.07) is 0.659. The van der Waals surface area contributed by atoms with Crippen LogP contribution in [0.4, 0.5) is 13.2 Å². The van der Waals surface area contributed by atoms with Crippen LogP contribution in [-0.2, 0) is 14.8 Å². The average molecular weight is 338 g/mol. The van der Waals surface area contributed by atoms with Crippen molar-refractivity contribution in [2.24, 2.45) is 0 Å². The van der Waals surface area contributed by atoms with Gasteiger partial charge in [0.1, 0.15) is 17.5 Å². The van der Waals surface area contributed by atoms with Gasteiger partial charge in [0, 0.05) is 25.8 Å². The molecule has 1 heterocycles. The van der Waals surface area contributed by atoms with Crippen LogP contribution in [0.5, 0.6) is 0 Å². The van der Waals surface area contributed by atoms with Gasteiger partial charge in [-0.2, -0.15) is 0 Å². The average Bonchev–Trinajstić information content (AvgIpc) is 2.84. The lowest BCUT2D eigenvalue weighted by Crippen LogP contribution is -2.53. The van der Waals surface area contributed by atoms with Crippen LogP contribution < -0.4 is 10.0 Å². The molecule has 0 amide bonds. The minimum absolute atomic E-state index is 0.0839. The quantitative estimate of drug-likeness (QED) is 0.817. The molecule has 1 saturated heterocycles. The maximum absolute atomic E-state index is 13.6. The Morgan fingerprint density at radius 3 is 2.45 bits per heavy atom. The number of rotatable bonds is 6. The fourth-order valence-corrected chi connectivity index (χ4v) is 3.80. The Bertz CT molecular complexity index is 623. The van der Waals surface area contributed by atoms with E-state index in [0.29, 0.717) is 25.1 Å². The van der Waals surface area contributed by atoms with E-state index in [1.165, 1.54) is 7.11 Å². The largest absolute Gasteiger partial charge is 0.383 e. The number of benzene rings is 1. The molecule has 22 heavy (non-hydrogen) atoms. The highest BCUT2D eigenvalue weighted by Crippen LogP contribution is 2.22. The summed E-state index contributed by atoms with van der Waals surface area (Å²) in [5.74, 6) is -4.11. The smallest absolute Gasteiger partial charge is 0.246 e. The van der Waals surface area contributed by atoms with Gasteiger partial charge in [0.15, 0.2) is 4.90 Å². The zero-order valence-corrected chi connectivity index (χ0v) is 12.8. The Hall–Kier alpha value is -1.16.